The zero-order valence-electron chi connectivity index (χ0n) is 22.2. The van der Waals surface area contributed by atoms with E-state index in [1.807, 2.05) is 0 Å². The summed E-state index contributed by atoms with van der Waals surface area (Å²) in [6.45, 7) is 12.5. The van der Waals surface area contributed by atoms with Gasteiger partial charge in [-0.2, -0.15) is 0 Å². The Morgan fingerprint density at radius 3 is 2.49 bits per heavy atom. The van der Waals surface area contributed by atoms with Crippen LogP contribution in [0.5, 0.6) is 0 Å². The third kappa shape index (κ3) is 6.02. The number of carboxylic acids is 1. The van der Waals surface area contributed by atoms with E-state index in [1.54, 1.807) is 0 Å². The van der Waals surface area contributed by atoms with Crippen molar-refractivity contribution in [3.63, 3.8) is 0 Å². The molecule has 0 spiro atoms. The van der Waals surface area contributed by atoms with Gasteiger partial charge in [0.2, 0.25) is 11.8 Å². The predicted octanol–water partition coefficient (Wildman–Crippen LogP) is 2.12. The third-order valence-electron chi connectivity index (χ3n) is 8.75. The average Bonchev–Trinajstić information content (AvgIpc) is 3.12. The molecule has 3 saturated carbocycles. The Morgan fingerprint density at radius 2 is 1.89 bits per heavy atom. The maximum Gasteiger partial charge on any atom is 0.481 e. The molecule has 4 rings (SSSR count). The largest absolute Gasteiger partial charge is 0.481 e. The summed E-state index contributed by atoms with van der Waals surface area (Å²) in [4.78, 5) is 35.0. The fraction of sp³-hybridized carbons (Fsp3) is 0.880. The summed E-state index contributed by atoms with van der Waals surface area (Å²) in [7, 11) is -0.485. The number of nitrogens with two attached hydrogens (primary N) is 1. The van der Waals surface area contributed by atoms with Gasteiger partial charge in [0, 0.05) is 6.42 Å². The standard InChI is InChI=1S/C25H44BN3O6/c1-15(2)9-19(29-21(31)13-27)26-34-18-11-16-10-17(25(18,6)35-26)24(16,5)8-7-23(3,4)12-20(30)28-14-22(32)33/h15-19H,7-14,27H2,1-6H3,(H,28,30)(H,29,31)(H,32,33)/t16?,17?,18-,19+,24?,25+/m1/s1. The number of rotatable bonds is 12. The SMILES string of the molecule is CC(C)C[C@H](NC(=O)CN)B1O[C@@H]2CC3CC(C3(C)CCC(C)(C)CC(=O)NCC(=O)O)[C@]2(C)O1. The van der Waals surface area contributed by atoms with E-state index in [0.717, 1.165) is 32.1 Å². The van der Waals surface area contributed by atoms with E-state index in [-0.39, 0.29) is 47.8 Å². The summed E-state index contributed by atoms with van der Waals surface area (Å²) in [5.74, 6) is -0.461. The van der Waals surface area contributed by atoms with Crippen molar-refractivity contribution in [2.24, 2.45) is 34.3 Å². The first-order chi connectivity index (χ1) is 16.2. The maximum absolute atomic E-state index is 12.2. The number of aliphatic carboxylic acids is 1. The minimum absolute atomic E-state index is 0.00331. The molecule has 0 radical (unpaired) electrons. The fourth-order valence-corrected chi connectivity index (χ4v) is 6.64. The number of carbonyl (C=O) groups excluding carboxylic acids is 2. The Kier molecular flexibility index (Phi) is 8.29. The number of hydrogen-bond donors (Lipinski definition) is 4. The van der Waals surface area contributed by atoms with Gasteiger partial charge in [-0.05, 0) is 67.6 Å². The van der Waals surface area contributed by atoms with E-state index >= 15 is 0 Å². The predicted molar refractivity (Wildman–Crippen MR) is 133 cm³/mol. The lowest BCUT2D eigenvalue weighted by Crippen LogP contribution is -2.66. The molecule has 9 nitrogen and oxygen atoms in total. The van der Waals surface area contributed by atoms with Crippen LogP contribution < -0.4 is 16.4 Å². The van der Waals surface area contributed by atoms with Crippen molar-refractivity contribution in [3.8, 4) is 0 Å². The molecule has 3 unspecified atom stereocenters. The lowest BCUT2D eigenvalue weighted by Gasteiger charge is -2.66. The number of hydrogen-bond acceptors (Lipinski definition) is 6. The van der Waals surface area contributed by atoms with Crippen LogP contribution in [0.2, 0.25) is 0 Å². The van der Waals surface area contributed by atoms with Crippen molar-refractivity contribution in [1.29, 1.82) is 0 Å². The highest BCUT2D eigenvalue weighted by atomic mass is 16.7. The second-order valence-corrected chi connectivity index (χ2v) is 12.5. The molecule has 4 aliphatic rings. The molecule has 6 atom stereocenters. The van der Waals surface area contributed by atoms with Crippen molar-refractivity contribution in [1.82, 2.24) is 10.6 Å². The smallest absolute Gasteiger partial charge is 0.480 e. The van der Waals surface area contributed by atoms with E-state index < -0.39 is 18.7 Å². The Balaban J connectivity index is 1.64. The molecule has 0 aromatic carbocycles. The summed E-state index contributed by atoms with van der Waals surface area (Å²) < 4.78 is 13.1. The van der Waals surface area contributed by atoms with Crippen LogP contribution in [0, 0.1) is 28.6 Å². The van der Waals surface area contributed by atoms with Crippen LogP contribution in [-0.2, 0) is 23.7 Å². The highest BCUT2D eigenvalue weighted by molar-refractivity contribution is 6.47. The molecule has 10 heteroatoms. The molecule has 1 heterocycles. The molecule has 1 aliphatic heterocycles. The van der Waals surface area contributed by atoms with E-state index in [0.29, 0.717) is 24.2 Å². The van der Waals surface area contributed by atoms with Crippen LogP contribution >= 0.6 is 0 Å². The third-order valence-corrected chi connectivity index (χ3v) is 8.75. The molecular weight excluding hydrogens is 449 g/mol. The van der Waals surface area contributed by atoms with E-state index in [9.17, 15) is 14.4 Å². The fourth-order valence-electron chi connectivity index (χ4n) is 6.64. The molecule has 35 heavy (non-hydrogen) atoms. The molecule has 4 fully saturated rings. The quantitative estimate of drug-likeness (QED) is 0.305. The summed E-state index contributed by atoms with van der Waals surface area (Å²) in [6, 6.07) is 0. The van der Waals surface area contributed by atoms with E-state index in [2.05, 4.69) is 52.2 Å². The van der Waals surface area contributed by atoms with Gasteiger partial charge in [-0.1, -0.05) is 34.6 Å². The highest BCUT2D eigenvalue weighted by Crippen LogP contribution is 2.68. The zero-order valence-corrected chi connectivity index (χ0v) is 22.2. The number of amides is 2. The van der Waals surface area contributed by atoms with Crippen LogP contribution in [0.1, 0.15) is 80.1 Å². The van der Waals surface area contributed by atoms with Crippen LogP contribution in [0.3, 0.4) is 0 Å². The summed E-state index contributed by atoms with van der Waals surface area (Å²) >= 11 is 0. The Labute approximate surface area is 209 Å². The van der Waals surface area contributed by atoms with E-state index in [4.69, 9.17) is 20.1 Å². The maximum atomic E-state index is 12.2. The van der Waals surface area contributed by atoms with Crippen LogP contribution in [-0.4, -0.2) is 60.7 Å². The second-order valence-electron chi connectivity index (χ2n) is 12.5. The van der Waals surface area contributed by atoms with E-state index in [1.165, 1.54) is 0 Å². The van der Waals surface area contributed by atoms with Crippen LogP contribution in [0.25, 0.3) is 0 Å². The van der Waals surface area contributed by atoms with Gasteiger partial charge in [0.25, 0.3) is 0 Å². The molecule has 5 N–H and O–H groups in total. The van der Waals surface area contributed by atoms with Crippen molar-refractivity contribution < 1.29 is 28.8 Å². The zero-order chi connectivity index (χ0) is 26.2. The number of nitrogens with one attached hydrogen (secondary N) is 2. The number of carboxylic acid groups (broad SMARTS) is 1. The Hall–Kier alpha value is -1.65. The molecule has 2 amide bonds. The molecule has 0 aromatic heterocycles. The first-order valence-corrected chi connectivity index (χ1v) is 13.0. The van der Waals surface area contributed by atoms with Crippen molar-refractivity contribution in [3.05, 3.63) is 0 Å². The lowest BCUT2D eigenvalue weighted by molar-refractivity contribution is -0.212. The minimum Gasteiger partial charge on any atom is -0.480 e. The van der Waals surface area contributed by atoms with Crippen molar-refractivity contribution >= 4 is 24.9 Å². The Bertz CT molecular complexity index is 823. The van der Waals surface area contributed by atoms with Crippen LogP contribution in [0.4, 0.5) is 0 Å². The lowest BCUT2D eigenvalue weighted by atomic mass is 9.41. The normalized spacial score (nSPS) is 32.6. The molecule has 2 bridgehead atoms. The summed E-state index contributed by atoms with van der Waals surface area (Å²) in [5.41, 5.74) is 4.98. The highest BCUT2D eigenvalue weighted by Gasteiger charge is 2.69. The minimum atomic E-state index is -1.04. The van der Waals surface area contributed by atoms with Crippen molar-refractivity contribution in [2.45, 2.75) is 97.7 Å². The summed E-state index contributed by atoms with van der Waals surface area (Å²) in [6.07, 6.45) is 4.92. The molecule has 1 saturated heterocycles. The monoisotopic (exact) mass is 493 g/mol. The van der Waals surface area contributed by atoms with Gasteiger partial charge >= 0.3 is 13.1 Å². The van der Waals surface area contributed by atoms with Crippen molar-refractivity contribution in [2.75, 3.05) is 13.1 Å². The first-order valence-electron chi connectivity index (χ1n) is 13.0. The molecule has 198 valence electrons. The molecule has 0 aromatic rings. The van der Waals surface area contributed by atoms with Gasteiger partial charge in [0.15, 0.2) is 0 Å². The second kappa shape index (κ2) is 10.4. The average molecular weight is 493 g/mol. The van der Waals surface area contributed by atoms with Gasteiger partial charge in [-0.15, -0.1) is 0 Å². The topological polar surface area (TPSA) is 140 Å². The van der Waals surface area contributed by atoms with Gasteiger partial charge in [0.05, 0.1) is 24.2 Å². The van der Waals surface area contributed by atoms with Crippen LogP contribution in [0.15, 0.2) is 0 Å². The van der Waals surface area contributed by atoms with Gasteiger partial charge < -0.3 is 30.8 Å². The molecular formula is C25H44BN3O6. The van der Waals surface area contributed by atoms with Gasteiger partial charge in [0.1, 0.15) is 6.54 Å². The van der Waals surface area contributed by atoms with Gasteiger partial charge in [-0.25, -0.2) is 0 Å². The number of carbonyl (C=O) groups is 3. The van der Waals surface area contributed by atoms with Gasteiger partial charge in [-0.3, -0.25) is 14.4 Å². The first kappa shape index (κ1) is 27.9. The Morgan fingerprint density at radius 1 is 1.20 bits per heavy atom. The summed E-state index contributed by atoms with van der Waals surface area (Å²) in [5, 5.41) is 14.3. The molecule has 3 aliphatic carbocycles.